The normalized spacial score (nSPS) is 16.1. The molecule has 0 saturated carbocycles. The van der Waals surface area contributed by atoms with Gasteiger partial charge in [0.2, 0.25) is 5.91 Å². The molecule has 0 radical (unpaired) electrons. The molecule has 1 aliphatic heterocycles. The van der Waals surface area contributed by atoms with E-state index in [-0.39, 0.29) is 24.4 Å². The summed E-state index contributed by atoms with van der Waals surface area (Å²) >= 11 is 0. The number of halogens is 1. The quantitative estimate of drug-likeness (QED) is 0.631. The summed E-state index contributed by atoms with van der Waals surface area (Å²) in [5.41, 5.74) is 2.49. The van der Waals surface area contributed by atoms with E-state index in [0.29, 0.717) is 26.3 Å². The smallest absolute Gasteiger partial charge is 0.250 e. The minimum absolute atomic E-state index is 0. The Kier molecular flexibility index (Phi) is 9.83. The highest BCUT2D eigenvalue weighted by molar-refractivity contribution is 5.85. The molecular formula is C22H29ClN2O3. The van der Waals surface area contributed by atoms with E-state index < -0.39 is 0 Å². The van der Waals surface area contributed by atoms with E-state index in [0.717, 1.165) is 37.1 Å². The molecule has 152 valence electrons. The lowest BCUT2D eigenvalue weighted by Gasteiger charge is -2.22. The van der Waals surface area contributed by atoms with Gasteiger partial charge in [-0.1, -0.05) is 42.5 Å². The number of rotatable bonds is 9. The zero-order chi connectivity index (χ0) is 18.7. The number of nitrogens with one attached hydrogen (secondary N) is 2. The van der Waals surface area contributed by atoms with Crippen LogP contribution in [0.15, 0.2) is 54.6 Å². The third-order valence-corrected chi connectivity index (χ3v) is 4.55. The van der Waals surface area contributed by atoms with Gasteiger partial charge in [-0.3, -0.25) is 4.79 Å². The fraction of sp³-hybridized carbons (Fsp3) is 0.409. The van der Waals surface area contributed by atoms with Crippen LogP contribution < -0.4 is 15.4 Å². The first-order valence-electron chi connectivity index (χ1n) is 9.67. The zero-order valence-electron chi connectivity index (χ0n) is 16.1. The lowest BCUT2D eigenvalue weighted by molar-refractivity contribution is -0.134. The Morgan fingerprint density at radius 2 is 1.93 bits per heavy atom. The van der Waals surface area contributed by atoms with Crippen LogP contribution in [0.5, 0.6) is 5.75 Å². The van der Waals surface area contributed by atoms with Gasteiger partial charge in [-0.15, -0.1) is 12.4 Å². The van der Waals surface area contributed by atoms with Crippen molar-refractivity contribution in [2.45, 2.75) is 25.4 Å². The summed E-state index contributed by atoms with van der Waals surface area (Å²) in [6.07, 6.45) is 2.40. The Balaban J connectivity index is 0.00000280. The van der Waals surface area contributed by atoms with Gasteiger partial charge >= 0.3 is 0 Å². The van der Waals surface area contributed by atoms with Crippen molar-refractivity contribution in [2.75, 3.05) is 32.8 Å². The van der Waals surface area contributed by atoms with Gasteiger partial charge in [0.15, 0.2) is 0 Å². The average molecular weight is 405 g/mol. The Bertz CT molecular complexity index is 706. The van der Waals surface area contributed by atoms with Crippen molar-refractivity contribution in [3.8, 4) is 5.75 Å². The van der Waals surface area contributed by atoms with Crippen LogP contribution in [0.1, 0.15) is 17.5 Å². The topological polar surface area (TPSA) is 59.6 Å². The average Bonchev–Trinajstić information content (AvgIpc) is 2.73. The van der Waals surface area contributed by atoms with Gasteiger partial charge in [0.25, 0.3) is 0 Å². The first kappa shape index (κ1) is 22.2. The number of hydrogen-bond acceptors (Lipinski definition) is 4. The van der Waals surface area contributed by atoms with Gasteiger partial charge in [-0.25, -0.2) is 0 Å². The molecule has 5 nitrogen and oxygen atoms in total. The fourth-order valence-corrected chi connectivity index (χ4v) is 3.08. The molecule has 0 aliphatic carbocycles. The van der Waals surface area contributed by atoms with E-state index in [2.05, 4.69) is 41.0 Å². The molecule has 2 aromatic rings. The second-order valence-electron chi connectivity index (χ2n) is 6.69. The van der Waals surface area contributed by atoms with Crippen molar-refractivity contribution in [2.24, 2.45) is 0 Å². The highest BCUT2D eigenvalue weighted by Crippen LogP contribution is 2.14. The van der Waals surface area contributed by atoms with Crippen molar-refractivity contribution < 1.29 is 14.3 Å². The Morgan fingerprint density at radius 3 is 2.71 bits per heavy atom. The summed E-state index contributed by atoms with van der Waals surface area (Å²) in [7, 11) is 0. The highest BCUT2D eigenvalue weighted by atomic mass is 35.5. The van der Waals surface area contributed by atoms with E-state index in [4.69, 9.17) is 9.47 Å². The van der Waals surface area contributed by atoms with E-state index in [9.17, 15) is 4.79 Å². The molecule has 2 N–H and O–H groups in total. The monoisotopic (exact) mass is 404 g/mol. The van der Waals surface area contributed by atoms with Crippen LogP contribution in [0, 0.1) is 0 Å². The van der Waals surface area contributed by atoms with Crippen LogP contribution in [0.3, 0.4) is 0 Å². The van der Waals surface area contributed by atoms with E-state index in [1.165, 1.54) is 5.56 Å². The molecule has 0 spiro atoms. The number of ether oxygens (including phenoxy) is 2. The van der Waals surface area contributed by atoms with Gasteiger partial charge in [-0.2, -0.15) is 0 Å². The summed E-state index contributed by atoms with van der Waals surface area (Å²) in [6.45, 7) is 3.26. The largest absolute Gasteiger partial charge is 0.494 e. The molecule has 2 aromatic carbocycles. The second kappa shape index (κ2) is 12.4. The number of aryl methyl sites for hydroxylation is 1. The van der Waals surface area contributed by atoms with Gasteiger partial charge in [0.1, 0.15) is 11.9 Å². The summed E-state index contributed by atoms with van der Waals surface area (Å²) in [4.78, 5) is 12.0. The maximum Gasteiger partial charge on any atom is 0.250 e. The molecule has 1 atom stereocenters. The Morgan fingerprint density at radius 1 is 1.11 bits per heavy atom. The summed E-state index contributed by atoms with van der Waals surface area (Å²) in [5.74, 6) is 0.835. The Labute approximate surface area is 173 Å². The van der Waals surface area contributed by atoms with Crippen molar-refractivity contribution in [1.82, 2.24) is 10.6 Å². The number of carbonyl (C=O) groups excluding carboxylic acids is 1. The molecule has 0 aromatic heterocycles. The second-order valence-corrected chi connectivity index (χ2v) is 6.69. The van der Waals surface area contributed by atoms with Crippen molar-refractivity contribution in [3.05, 3.63) is 65.7 Å². The minimum atomic E-state index is -0.377. The summed E-state index contributed by atoms with van der Waals surface area (Å²) in [6, 6.07) is 18.5. The van der Waals surface area contributed by atoms with Gasteiger partial charge in [0, 0.05) is 19.6 Å². The fourth-order valence-electron chi connectivity index (χ4n) is 3.08. The predicted molar refractivity (Wildman–Crippen MR) is 113 cm³/mol. The molecule has 28 heavy (non-hydrogen) atoms. The van der Waals surface area contributed by atoms with E-state index in [1.54, 1.807) is 0 Å². The van der Waals surface area contributed by atoms with Crippen LogP contribution in [0.2, 0.25) is 0 Å². The lowest BCUT2D eigenvalue weighted by Crippen LogP contribution is -2.48. The van der Waals surface area contributed by atoms with Gasteiger partial charge in [0.05, 0.1) is 13.2 Å². The van der Waals surface area contributed by atoms with E-state index >= 15 is 0 Å². The molecule has 1 unspecified atom stereocenters. The maximum absolute atomic E-state index is 12.0. The number of hydrogen-bond donors (Lipinski definition) is 2. The number of amides is 1. The molecule has 3 rings (SSSR count). The number of benzene rings is 2. The third-order valence-electron chi connectivity index (χ3n) is 4.55. The molecular weight excluding hydrogens is 376 g/mol. The first-order valence-corrected chi connectivity index (χ1v) is 9.67. The van der Waals surface area contributed by atoms with Crippen LogP contribution in [-0.2, 0) is 22.4 Å². The molecule has 6 heteroatoms. The van der Waals surface area contributed by atoms with Gasteiger partial charge < -0.3 is 20.1 Å². The van der Waals surface area contributed by atoms with Crippen molar-refractivity contribution in [3.63, 3.8) is 0 Å². The van der Waals surface area contributed by atoms with Gasteiger partial charge in [-0.05, 0) is 42.5 Å². The zero-order valence-corrected chi connectivity index (χ0v) is 16.9. The minimum Gasteiger partial charge on any atom is -0.494 e. The van der Waals surface area contributed by atoms with Crippen molar-refractivity contribution >= 4 is 18.3 Å². The lowest BCUT2D eigenvalue weighted by atomic mass is 10.1. The molecule has 0 bridgehead atoms. The highest BCUT2D eigenvalue weighted by Gasteiger charge is 2.20. The third kappa shape index (κ3) is 7.50. The Hall–Kier alpha value is -2.08. The van der Waals surface area contributed by atoms with Crippen LogP contribution in [0.4, 0.5) is 0 Å². The standard InChI is InChI=1S/C22H28N2O3.ClH/c25-22(21-17-23-13-15-27-21)24-12-11-19-8-4-10-20(16-19)26-14-5-9-18-6-2-1-3-7-18;/h1-4,6-8,10,16,21,23H,5,9,11-15,17H2,(H,24,25);1H. The SMILES string of the molecule is Cl.O=C(NCCc1cccc(OCCCc2ccccc2)c1)C1CNCCO1. The van der Waals surface area contributed by atoms with E-state index in [1.807, 2.05) is 24.3 Å². The first-order chi connectivity index (χ1) is 13.3. The van der Waals surface area contributed by atoms with Crippen molar-refractivity contribution in [1.29, 1.82) is 0 Å². The predicted octanol–water partition coefficient (Wildman–Crippen LogP) is 2.77. The number of carbonyl (C=O) groups is 1. The summed E-state index contributed by atoms with van der Waals surface area (Å²) in [5, 5.41) is 6.11. The molecule has 1 saturated heterocycles. The van der Waals surface area contributed by atoms with Crippen LogP contribution in [0.25, 0.3) is 0 Å². The molecule has 1 aliphatic rings. The summed E-state index contributed by atoms with van der Waals surface area (Å²) < 4.78 is 11.3. The van der Waals surface area contributed by atoms with Crippen LogP contribution in [-0.4, -0.2) is 44.9 Å². The number of morpholine rings is 1. The van der Waals surface area contributed by atoms with Crippen LogP contribution >= 0.6 is 12.4 Å². The molecule has 1 fully saturated rings. The maximum atomic E-state index is 12.0. The molecule has 1 amide bonds. The molecule has 1 heterocycles.